The van der Waals surface area contributed by atoms with Crippen LogP contribution in [0.15, 0.2) is 36.7 Å². The fourth-order valence-corrected chi connectivity index (χ4v) is 2.18. The van der Waals surface area contributed by atoms with Gasteiger partial charge in [0.1, 0.15) is 12.3 Å². The lowest BCUT2D eigenvalue weighted by atomic mass is 10.1. The summed E-state index contributed by atoms with van der Waals surface area (Å²) in [6, 6.07) is 6.63. The van der Waals surface area contributed by atoms with Gasteiger partial charge < -0.3 is 21.5 Å². The van der Waals surface area contributed by atoms with Crippen LogP contribution >= 0.6 is 0 Å². The number of nitrogens with zero attached hydrogens (tertiary/aromatic N) is 2. The second-order valence-corrected chi connectivity index (χ2v) is 5.60. The molecule has 0 spiro atoms. The number of aryl methyl sites for hydroxylation is 1. The molecule has 2 rings (SSSR count). The molecule has 0 aliphatic rings. The second-order valence-electron chi connectivity index (χ2n) is 5.60. The van der Waals surface area contributed by atoms with Gasteiger partial charge in [-0.1, -0.05) is 12.1 Å². The molecule has 0 saturated carbocycles. The predicted octanol–water partition coefficient (Wildman–Crippen LogP) is 1.22. The average molecular weight is 331 g/mol. The first kappa shape index (κ1) is 17.3. The molecule has 0 bridgehead atoms. The minimum atomic E-state index is -0.503. The topological polar surface area (TPSA) is 122 Å². The van der Waals surface area contributed by atoms with E-state index >= 15 is 0 Å². The molecule has 0 unspecified atom stereocenters. The molecule has 0 saturated heterocycles. The number of aromatic hydroxyl groups is 1. The summed E-state index contributed by atoms with van der Waals surface area (Å²) >= 11 is 0. The van der Waals surface area contributed by atoms with E-state index in [9.17, 15) is 14.7 Å². The largest absolute Gasteiger partial charge is 0.508 e. The maximum Gasteiger partial charge on any atom is 0.319 e. The van der Waals surface area contributed by atoms with E-state index < -0.39 is 5.91 Å². The van der Waals surface area contributed by atoms with Crippen molar-refractivity contribution in [3.05, 3.63) is 42.2 Å². The molecule has 5 N–H and O–H groups in total. The van der Waals surface area contributed by atoms with Crippen LogP contribution < -0.4 is 16.4 Å². The van der Waals surface area contributed by atoms with Crippen molar-refractivity contribution in [2.75, 3.05) is 5.32 Å². The van der Waals surface area contributed by atoms with Crippen molar-refractivity contribution >= 4 is 17.6 Å². The van der Waals surface area contributed by atoms with Crippen molar-refractivity contribution in [2.24, 2.45) is 5.73 Å². The van der Waals surface area contributed by atoms with Gasteiger partial charge in [0, 0.05) is 12.2 Å². The van der Waals surface area contributed by atoms with Gasteiger partial charge in [0.15, 0.2) is 0 Å². The van der Waals surface area contributed by atoms with Crippen LogP contribution in [-0.2, 0) is 17.8 Å². The highest BCUT2D eigenvalue weighted by Crippen LogP contribution is 2.12. The summed E-state index contributed by atoms with van der Waals surface area (Å²) in [7, 11) is 0. The summed E-state index contributed by atoms with van der Waals surface area (Å²) in [4.78, 5) is 22.7. The van der Waals surface area contributed by atoms with E-state index in [1.807, 2.05) is 19.1 Å². The number of urea groups is 1. The lowest BCUT2D eigenvalue weighted by molar-refractivity contribution is -0.118. The van der Waals surface area contributed by atoms with Crippen molar-refractivity contribution in [3.63, 3.8) is 0 Å². The molecule has 0 radical (unpaired) electrons. The number of amides is 3. The molecule has 128 valence electrons. The third-order valence-electron chi connectivity index (χ3n) is 3.39. The van der Waals surface area contributed by atoms with Gasteiger partial charge in [-0.3, -0.25) is 9.48 Å². The van der Waals surface area contributed by atoms with E-state index in [4.69, 9.17) is 5.73 Å². The molecule has 3 amide bonds. The molecule has 1 atom stereocenters. The summed E-state index contributed by atoms with van der Waals surface area (Å²) in [5.74, 6) is -0.266. The highest BCUT2D eigenvalue weighted by Gasteiger charge is 2.09. The molecule has 8 nitrogen and oxygen atoms in total. The third kappa shape index (κ3) is 5.64. The number of nitrogens with two attached hydrogens (primary N) is 1. The van der Waals surface area contributed by atoms with Crippen LogP contribution in [0.2, 0.25) is 0 Å². The molecule has 0 aliphatic carbocycles. The van der Waals surface area contributed by atoms with Gasteiger partial charge >= 0.3 is 6.03 Å². The highest BCUT2D eigenvalue weighted by atomic mass is 16.3. The monoisotopic (exact) mass is 331 g/mol. The first-order valence-corrected chi connectivity index (χ1v) is 7.58. The number of aromatic nitrogens is 2. The molecule has 1 aromatic heterocycles. The summed E-state index contributed by atoms with van der Waals surface area (Å²) in [6.45, 7) is 1.88. The Morgan fingerprint density at radius 1 is 1.33 bits per heavy atom. The van der Waals surface area contributed by atoms with Crippen LogP contribution in [0.4, 0.5) is 10.5 Å². The first-order chi connectivity index (χ1) is 11.4. The Balaban J connectivity index is 1.75. The zero-order valence-corrected chi connectivity index (χ0v) is 13.4. The maximum absolute atomic E-state index is 11.9. The Bertz CT molecular complexity index is 696. The lowest BCUT2D eigenvalue weighted by Gasteiger charge is -2.14. The fourth-order valence-electron chi connectivity index (χ4n) is 2.18. The van der Waals surface area contributed by atoms with Crippen LogP contribution in [0.3, 0.4) is 0 Å². The molecule has 24 heavy (non-hydrogen) atoms. The number of phenolic OH excluding ortho intramolecular Hbond substituents is 1. The number of primary amides is 1. The number of phenols is 1. The van der Waals surface area contributed by atoms with Crippen molar-refractivity contribution in [3.8, 4) is 5.75 Å². The average Bonchev–Trinajstić information content (AvgIpc) is 2.92. The number of benzene rings is 1. The Hall–Kier alpha value is -3.03. The van der Waals surface area contributed by atoms with Crippen LogP contribution in [0.25, 0.3) is 0 Å². The van der Waals surface area contributed by atoms with Crippen molar-refractivity contribution in [1.82, 2.24) is 15.1 Å². The predicted molar refractivity (Wildman–Crippen MR) is 89.5 cm³/mol. The Morgan fingerprint density at radius 3 is 2.71 bits per heavy atom. The minimum Gasteiger partial charge on any atom is -0.508 e. The molecular weight excluding hydrogens is 310 g/mol. The van der Waals surface area contributed by atoms with Gasteiger partial charge in [-0.05, 0) is 37.5 Å². The first-order valence-electron chi connectivity index (χ1n) is 7.58. The summed E-state index contributed by atoms with van der Waals surface area (Å²) in [5.41, 5.74) is 6.65. The zero-order valence-electron chi connectivity index (χ0n) is 13.4. The molecular formula is C16H21N5O3. The third-order valence-corrected chi connectivity index (χ3v) is 3.39. The summed E-state index contributed by atoms with van der Waals surface area (Å²) in [6.07, 6.45) is 4.53. The van der Waals surface area contributed by atoms with Crippen LogP contribution in [0.1, 0.15) is 18.9 Å². The van der Waals surface area contributed by atoms with Gasteiger partial charge in [-0.15, -0.1) is 0 Å². The number of nitrogens with one attached hydrogen (secondary N) is 2. The SMILES string of the molecule is C[C@H](CCc1ccc(O)cc1)NC(=O)Nc1cnn(CC(N)=O)c1. The normalized spacial score (nSPS) is 11.7. The number of hydrogen-bond acceptors (Lipinski definition) is 4. The van der Waals surface area contributed by atoms with Gasteiger partial charge in [0.25, 0.3) is 0 Å². The fraction of sp³-hybridized carbons (Fsp3) is 0.312. The van der Waals surface area contributed by atoms with Crippen LogP contribution in [0, 0.1) is 0 Å². The minimum absolute atomic E-state index is 0.0283. The quantitative estimate of drug-likeness (QED) is 0.609. The second kappa shape index (κ2) is 8.00. The summed E-state index contributed by atoms with van der Waals surface area (Å²) < 4.78 is 1.35. The zero-order chi connectivity index (χ0) is 17.5. The van der Waals surface area contributed by atoms with Crippen molar-refractivity contribution < 1.29 is 14.7 Å². The number of anilines is 1. The molecule has 0 fully saturated rings. The number of carbonyl (C=O) groups is 2. The molecule has 1 aromatic carbocycles. The van der Waals surface area contributed by atoms with E-state index in [0.717, 1.165) is 18.4 Å². The Labute approximate surface area is 139 Å². The van der Waals surface area contributed by atoms with E-state index in [0.29, 0.717) is 5.69 Å². The number of carbonyl (C=O) groups excluding carboxylic acids is 2. The van der Waals surface area contributed by atoms with E-state index in [-0.39, 0.29) is 24.4 Å². The van der Waals surface area contributed by atoms with Gasteiger partial charge in [-0.2, -0.15) is 5.10 Å². The number of hydrogen-bond donors (Lipinski definition) is 4. The highest BCUT2D eigenvalue weighted by molar-refractivity contribution is 5.89. The van der Waals surface area contributed by atoms with Gasteiger partial charge in [-0.25, -0.2) is 4.79 Å². The standard InChI is InChI=1S/C16H21N5O3/c1-11(2-3-12-4-6-14(22)7-5-12)19-16(24)20-13-8-18-21(9-13)10-15(17)23/h4-9,11,22H,2-3,10H2,1H3,(H2,17,23)(H2,19,20,24)/t11-/m1/s1. The molecule has 0 aliphatic heterocycles. The van der Waals surface area contributed by atoms with E-state index in [1.165, 1.54) is 17.1 Å². The van der Waals surface area contributed by atoms with Crippen LogP contribution in [-0.4, -0.2) is 32.9 Å². The molecule has 2 aromatic rings. The van der Waals surface area contributed by atoms with Gasteiger partial charge in [0.2, 0.25) is 5.91 Å². The van der Waals surface area contributed by atoms with E-state index in [2.05, 4.69) is 15.7 Å². The lowest BCUT2D eigenvalue weighted by Crippen LogP contribution is -2.36. The van der Waals surface area contributed by atoms with E-state index in [1.54, 1.807) is 12.1 Å². The van der Waals surface area contributed by atoms with Gasteiger partial charge in [0.05, 0.1) is 11.9 Å². The van der Waals surface area contributed by atoms with Crippen LogP contribution in [0.5, 0.6) is 5.75 Å². The molecule has 1 heterocycles. The van der Waals surface area contributed by atoms with Crippen molar-refractivity contribution in [1.29, 1.82) is 0 Å². The maximum atomic E-state index is 11.9. The number of rotatable bonds is 7. The Morgan fingerprint density at radius 2 is 2.04 bits per heavy atom. The van der Waals surface area contributed by atoms with Crippen molar-refractivity contribution in [2.45, 2.75) is 32.4 Å². The Kier molecular flexibility index (Phi) is 5.78. The smallest absolute Gasteiger partial charge is 0.319 e. The molecule has 8 heteroatoms. The summed E-state index contributed by atoms with van der Waals surface area (Å²) in [5, 5.41) is 18.7.